The van der Waals surface area contributed by atoms with E-state index in [-0.39, 0.29) is 23.9 Å². The number of esters is 1. The number of hydrazine groups is 1. The molecule has 3 unspecified atom stereocenters. The Morgan fingerprint density at radius 3 is 2.64 bits per heavy atom. The Kier molecular flexibility index (Phi) is 6.66. The number of hydrogen-bond donors (Lipinski definition) is 3. The first-order valence-corrected chi connectivity index (χ1v) is 11.0. The minimum Gasteiger partial charge on any atom is -0.462 e. The molecule has 0 bridgehead atoms. The lowest BCUT2D eigenvalue weighted by Crippen LogP contribution is -2.38. The van der Waals surface area contributed by atoms with Crippen molar-refractivity contribution in [1.82, 2.24) is 30.6 Å². The van der Waals surface area contributed by atoms with Crippen molar-refractivity contribution < 1.29 is 13.9 Å². The van der Waals surface area contributed by atoms with Crippen molar-refractivity contribution in [3.8, 4) is 5.82 Å². The van der Waals surface area contributed by atoms with Gasteiger partial charge in [0.1, 0.15) is 23.5 Å². The fourth-order valence-electron chi connectivity index (χ4n) is 4.27. The number of carbonyl (C=O) groups excluding carboxylic acids is 1. The third-order valence-electron chi connectivity index (χ3n) is 5.90. The second-order valence-corrected chi connectivity index (χ2v) is 7.95. The van der Waals surface area contributed by atoms with Gasteiger partial charge in [0.25, 0.3) is 0 Å². The largest absolute Gasteiger partial charge is 0.462 e. The molecule has 0 radical (unpaired) electrons. The SMILES string of the molecule is CCOC(=O)c1c(C)nn(-c2cc(NC3NNC(c4ccc(F)cc4)C3CC)ncn2)c1C. The van der Waals surface area contributed by atoms with E-state index in [1.807, 2.05) is 6.92 Å². The second kappa shape index (κ2) is 9.63. The van der Waals surface area contributed by atoms with Gasteiger partial charge in [-0.2, -0.15) is 5.10 Å². The molecule has 1 aromatic carbocycles. The van der Waals surface area contributed by atoms with E-state index in [1.54, 1.807) is 36.7 Å². The topological polar surface area (TPSA) is 106 Å². The predicted octanol–water partition coefficient (Wildman–Crippen LogP) is 3.21. The smallest absolute Gasteiger partial charge is 0.341 e. The standard InChI is InChI=1S/C23H28FN7O2/c1-5-17-21(15-7-9-16(24)10-8-15)28-29-22(17)27-18-11-19(26-12-25-18)31-14(4)20(13(3)30-31)23(32)33-6-2/h7-12,17,21-22,28-29H,5-6H2,1-4H3,(H,25,26,27). The molecule has 3 N–H and O–H groups in total. The first-order chi connectivity index (χ1) is 15.9. The minimum absolute atomic E-state index is 0.0255. The summed E-state index contributed by atoms with van der Waals surface area (Å²) in [5.41, 5.74) is 9.28. The van der Waals surface area contributed by atoms with E-state index in [2.05, 4.69) is 38.2 Å². The molecule has 4 rings (SSSR count). The van der Waals surface area contributed by atoms with E-state index in [4.69, 9.17) is 4.74 Å². The molecule has 1 aliphatic heterocycles. The van der Waals surface area contributed by atoms with Gasteiger partial charge >= 0.3 is 5.97 Å². The molecule has 33 heavy (non-hydrogen) atoms. The Balaban J connectivity index is 1.55. The van der Waals surface area contributed by atoms with E-state index in [9.17, 15) is 9.18 Å². The molecule has 0 saturated carbocycles. The summed E-state index contributed by atoms with van der Waals surface area (Å²) in [4.78, 5) is 21.0. The third kappa shape index (κ3) is 4.57. The maximum absolute atomic E-state index is 13.3. The molecular weight excluding hydrogens is 425 g/mol. The molecule has 10 heteroatoms. The fourth-order valence-corrected chi connectivity index (χ4v) is 4.27. The van der Waals surface area contributed by atoms with E-state index in [0.29, 0.717) is 35.2 Å². The number of carbonyl (C=O) groups is 1. The van der Waals surface area contributed by atoms with Gasteiger partial charge in [0.05, 0.1) is 30.2 Å². The van der Waals surface area contributed by atoms with Crippen LogP contribution < -0.4 is 16.2 Å². The quantitative estimate of drug-likeness (QED) is 0.469. The number of anilines is 1. The van der Waals surface area contributed by atoms with Crippen molar-refractivity contribution in [3.05, 3.63) is 65.0 Å². The number of aryl methyl sites for hydroxylation is 1. The highest BCUT2D eigenvalue weighted by molar-refractivity contribution is 5.92. The molecule has 174 valence electrons. The van der Waals surface area contributed by atoms with Gasteiger partial charge in [0, 0.05) is 12.0 Å². The van der Waals surface area contributed by atoms with Gasteiger partial charge in [-0.3, -0.25) is 0 Å². The van der Waals surface area contributed by atoms with Crippen LogP contribution in [0.15, 0.2) is 36.7 Å². The number of rotatable bonds is 7. The summed E-state index contributed by atoms with van der Waals surface area (Å²) in [6.07, 6.45) is 2.24. The van der Waals surface area contributed by atoms with Crippen LogP contribution in [0.25, 0.3) is 5.82 Å². The third-order valence-corrected chi connectivity index (χ3v) is 5.90. The number of halogens is 1. The molecule has 3 aromatic rings. The summed E-state index contributed by atoms with van der Waals surface area (Å²) in [6, 6.07) is 8.35. The van der Waals surface area contributed by atoms with Gasteiger partial charge in [-0.1, -0.05) is 19.1 Å². The van der Waals surface area contributed by atoms with Crippen LogP contribution in [0.4, 0.5) is 10.2 Å². The maximum atomic E-state index is 13.3. The molecule has 9 nitrogen and oxygen atoms in total. The summed E-state index contributed by atoms with van der Waals surface area (Å²) in [7, 11) is 0. The summed E-state index contributed by atoms with van der Waals surface area (Å²) in [6.45, 7) is 7.76. The molecule has 3 heterocycles. The molecule has 2 aromatic heterocycles. The zero-order valence-corrected chi connectivity index (χ0v) is 19.1. The van der Waals surface area contributed by atoms with Crippen molar-refractivity contribution in [3.63, 3.8) is 0 Å². The Morgan fingerprint density at radius 2 is 1.94 bits per heavy atom. The van der Waals surface area contributed by atoms with Crippen molar-refractivity contribution in [2.45, 2.75) is 46.3 Å². The highest BCUT2D eigenvalue weighted by atomic mass is 19.1. The molecule has 3 atom stereocenters. The average molecular weight is 454 g/mol. The maximum Gasteiger partial charge on any atom is 0.341 e. The Labute approximate surface area is 191 Å². The number of aromatic nitrogens is 4. The lowest BCUT2D eigenvalue weighted by Gasteiger charge is -2.23. The Bertz CT molecular complexity index is 1130. The van der Waals surface area contributed by atoms with Gasteiger partial charge in [-0.05, 0) is 44.9 Å². The molecule has 1 fully saturated rings. The summed E-state index contributed by atoms with van der Waals surface area (Å²) < 4.78 is 20.1. The van der Waals surface area contributed by atoms with Crippen LogP contribution in [-0.4, -0.2) is 38.5 Å². The number of hydrogen-bond acceptors (Lipinski definition) is 8. The second-order valence-electron chi connectivity index (χ2n) is 7.95. The Morgan fingerprint density at radius 1 is 1.18 bits per heavy atom. The van der Waals surface area contributed by atoms with Crippen LogP contribution in [0.2, 0.25) is 0 Å². The van der Waals surface area contributed by atoms with Gasteiger partial charge in [-0.15, -0.1) is 0 Å². The number of nitrogens with one attached hydrogen (secondary N) is 3. The zero-order valence-electron chi connectivity index (χ0n) is 19.1. The molecule has 0 aliphatic carbocycles. The predicted molar refractivity (Wildman–Crippen MR) is 121 cm³/mol. The molecule has 1 saturated heterocycles. The van der Waals surface area contributed by atoms with Crippen LogP contribution in [0.3, 0.4) is 0 Å². The van der Waals surface area contributed by atoms with Crippen LogP contribution >= 0.6 is 0 Å². The van der Waals surface area contributed by atoms with Crippen molar-refractivity contribution >= 4 is 11.8 Å². The highest BCUT2D eigenvalue weighted by Gasteiger charge is 2.35. The van der Waals surface area contributed by atoms with Crippen LogP contribution in [0.1, 0.15) is 53.6 Å². The van der Waals surface area contributed by atoms with Crippen molar-refractivity contribution in [2.24, 2.45) is 5.92 Å². The number of ether oxygens (including phenoxy) is 1. The Hall–Kier alpha value is -3.37. The van der Waals surface area contributed by atoms with Gasteiger partial charge in [0.15, 0.2) is 5.82 Å². The first kappa shape index (κ1) is 22.8. The molecule has 1 aliphatic rings. The number of nitrogens with zero attached hydrogens (tertiary/aromatic N) is 4. The molecule has 0 spiro atoms. The van der Waals surface area contributed by atoms with E-state index in [1.165, 1.54) is 18.5 Å². The van der Waals surface area contributed by atoms with Crippen LogP contribution in [-0.2, 0) is 4.74 Å². The van der Waals surface area contributed by atoms with Gasteiger partial charge < -0.3 is 10.1 Å². The highest BCUT2D eigenvalue weighted by Crippen LogP contribution is 2.31. The molecule has 0 amide bonds. The normalized spacial score (nSPS) is 20.1. The lowest BCUT2D eigenvalue weighted by molar-refractivity contribution is 0.0524. The van der Waals surface area contributed by atoms with Crippen molar-refractivity contribution in [2.75, 3.05) is 11.9 Å². The van der Waals surface area contributed by atoms with Crippen molar-refractivity contribution in [1.29, 1.82) is 0 Å². The van der Waals surface area contributed by atoms with Gasteiger partial charge in [-0.25, -0.2) is 34.7 Å². The van der Waals surface area contributed by atoms with E-state index >= 15 is 0 Å². The van der Waals surface area contributed by atoms with Crippen LogP contribution in [0, 0.1) is 25.6 Å². The summed E-state index contributed by atoms with van der Waals surface area (Å²) in [5.74, 6) is 0.694. The fraction of sp³-hybridized carbons (Fsp3) is 0.391. The number of benzene rings is 1. The zero-order chi connectivity index (χ0) is 23.5. The van der Waals surface area contributed by atoms with Gasteiger partial charge in [0.2, 0.25) is 0 Å². The van der Waals surface area contributed by atoms with Crippen LogP contribution in [0.5, 0.6) is 0 Å². The monoisotopic (exact) mass is 453 g/mol. The minimum atomic E-state index is -0.398. The van der Waals surface area contributed by atoms with E-state index < -0.39 is 5.97 Å². The summed E-state index contributed by atoms with van der Waals surface area (Å²) >= 11 is 0. The molecular formula is C23H28FN7O2. The average Bonchev–Trinajstić information content (AvgIpc) is 3.34. The first-order valence-electron chi connectivity index (χ1n) is 11.0. The van der Waals surface area contributed by atoms with E-state index in [0.717, 1.165) is 12.0 Å². The lowest BCUT2D eigenvalue weighted by atomic mass is 9.90. The summed E-state index contributed by atoms with van der Waals surface area (Å²) in [5, 5.41) is 7.90.